The van der Waals surface area contributed by atoms with Gasteiger partial charge in [0.2, 0.25) is 0 Å². The van der Waals surface area contributed by atoms with Gasteiger partial charge in [0.05, 0.1) is 24.9 Å². The minimum atomic E-state index is -0.302. The maximum Gasteiger partial charge on any atom is 0.254 e. The van der Waals surface area contributed by atoms with E-state index in [1.807, 2.05) is 6.07 Å². The van der Waals surface area contributed by atoms with E-state index in [0.29, 0.717) is 24.7 Å². The standard InChI is InChI=1S/C17H18FN5O2/c1-24-9-12-8-16(23-17(21-12)19-10-20-23)22-14-3-2-6-25-15-7-11(18)4-5-13(14)15/h4-5,7-8,10,14,22H,2-3,6,9H2,1H3/t14-/m1/s1. The summed E-state index contributed by atoms with van der Waals surface area (Å²) >= 11 is 0. The van der Waals surface area contributed by atoms with Gasteiger partial charge in [-0.1, -0.05) is 6.07 Å². The topological polar surface area (TPSA) is 73.6 Å². The number of methoxy groups -OCH3 is 1. The van der Waals surface area contributed by atoms with Crippen LogP contribution in [0.25, 0.3) is 5.78 Å². The van der Waals surface area contributed by atoms with Crippen LogP contribution in [0.2, 0.25) is 0 Å². The van der Waals surface area contributed by atoms with Crippen LogP contribution in [0.4, 0.5) is 10.2 Å². The van der Waals surface area contributed by atoms with Crippen LogP contribution in [0.3, 0.4) is 0 Å². The molecule has 0 fully saturated rings. The summed E-state index contributed by atoms with van der Waals surface area (Å²) in [7, 11) is 1.62. The molecule has 0 amide bonds. The molecule has 0 radical (unpaired) electrons. The fourth-order valence-corrected chi connectivity index (χ4v) is 3.06. The second kappa shape index (κ2) is 6.64. The highest BCUT2D eigenvalue weighted by Crippen LogP contribution is 2.34. The Morgan fingerprint density at radius 1 is 1.40 bits per heavy atom. The van der Waals surface area contributed by atoms with Crippen molar-refractivity contribution in [1.82, 2.24) is 19.6 Å². The molecule has 1 atom stereocenters. The Balaban J connectivity index is 1.72. The number of aromatic nitrogens is 4. The number of ether oxygens (including phenoxy) is 2. The first-order valence-electron chi connectivity index (χ1n) is 8.12. The summed E-state index contributed by atoms with van der Waals surface area (Å²) in [6, 6.07) is 6.52. The number of nitrogens with zero attached hydrogens (tertiary/aromatic N) is 4. The summed E-state index contributed by atoms with van der Waals surface area (Å²) in [6.45, 7) is 0.951. The first-order chi connectivity index (χ1) is 12.2. The molecule has 25 heavy (non-hydrogen) atoms. The summed E-state index contributed by atoms with van der Waals surface area (Å²) in [5.41, 5.74) is 1.69. The third-order valence-electron chi connectivity index (χ3n) is 4.16. The SMILES string of the molecule is COCc1cc(N[C@@H]2CCCOc3cc(F)ccc32)n2ncnc2n1. The van der Waals surface area contributed by atoms with E-state index in [-0.39, 0.29) is 11.9 Å². The molecule has 1 aromatic carbocycles. The van der Waals surface area contributed by atoms with Crippen LogP contribution in [0.15, 0.2) is 30.6 Å². The number of halogens is 1. The lowest BCUT2D eigenvalue weighted by Crippen LogP contribution is -2.14. The van der Waals surface area contributed by atoms with Gasteiger partial charge in [-0.25, -0.2) is 9.37 Å². The van der Waals surface area contributed by atoms with Crippen molar-refractivity contribution in [3.05, 3.63) is 47.7 Å². The molecule has 130 valence electrons. The number of anilines is 1. The van der Waals surface area contributed by atoms with E-state index in [2.05, 4.69) is 20.4 Å². The van der Waals surface area contributed by atoms with Gasteiger partial charge in [0, 0.05) is 24.8 Å². The molecule has 0 spiro atoms. The molecule has 1 aliphatic heterocycles. The van der Waals surface area contributed by atoms with Crippen molar-refractivity contribution < 1.29 is 13.9 Å². The van der Waals surface area contributed by atoms with Crippen LogP contribution >= 0.6 is 0 Å². The van der Waals surface area contributed by atoms with Crippen LogP contribution < -0.4 is 10.1 Å². The largest absolute Gasteiger partial charge is 0.493 e. The molecule has 0 unspecified atom stereocenters. The van der Waals surface area contributed by atoms with E-state index in [4.69, 9.17) is 9.47 Å². The average Bonchev–Trinajstić information content (AvgIpc) is 2.98. The molecule has 1 N–H and O–H groups in total. The van der Waals surface area contributed by atoms with Gasteiger partial charge in [-0.3, -0.25) is 0 Å². The summed E-state index contributed by atoms with van der Waals surface area (Å²) in [4.78, 5) is 8.56. The predicted octanol–water partition coefficient (Wildman–Crippen LogP) is 2.74. The molecule has 3 heterocycles. The molecular formula is C17H18FN5O2. The molecule has 0 bridgehead atoms. The highest BCUT2D eigenvalue weighted by atomic mass is 19.1. The molecular weight excluding hydrogens is 325 g/mol. The minimum absolute atomic E-state index is 0.0247. The van der Waals surface area contributed by atoms with E-state index in [1.54, 1.807) is 17.7 Å². The molecule has 0 saturated heterocycles. The fourth-order valence-electron chi connectivity index (χ4n) is 3.06. The summed E-state index contributed by atoms with van der Waals surface area (Å²) in [6.07, 6.45) is 3.19. The van der Waals surface area contributed by atoms with Gasteiger partial charge in [-0.05, 0) is 18.9 Å². The van der Waals surface area contributed by atoms with Crippen LogP contribution in [0, 0.1) is 5.82 Å². The van der Waals surface area contributed by atoms with Crippen molar-refractivity contribution in [2.75, 3.05) is 19.0 Å². The number of benzene rings is 1. The third-order valence-corrected chi connectivity index (χ3v) is 4.16. The Labute approximate surface area is 143 Å². The Bertz CT molecular complexity index is 898. The lowest BCUT2D eigenvalue weighted by molar-refractivity contribution is 0.181. The van der Waals surface area contributed by atoms with Gasteiger partial charge in [-0.2, -0.15) is 14.6 Å². The van der Waals surface area contributed by atoms with Gasteiger partial charge in [0.1, 0.15) is 23.7 Å². The van der Waals surface area contributed by atoms with Crippen molar-refractivity contribution in [1.29, 1.82) is 0 Å². The second-order valence-corrected chi connectivity index (χ2v) is 5.91. The molecule has 3 aromatic rings. The summed E-state index contributed by atoms with van der Waals surface area (Å²) in [5.74, 6) is 1.54. The Hall–Kier alpha value is -2.74. The molecule has 1 aliphatic rings. The quantitative estimate of drug-likeness (QED) is 0.785. The predicted molar refractivity (Wildman–Crippen MR) is 89.0 cm³/mol. The van der Waals surface area contributed by atoms with Crippen molar-refractivity contribution in [2.45, 2.75) is 25.5 Å². The Morgan fingerprint density at radius 3 is 3.20 bits per heavy atom. The van der Waals surface area contributed by atoms with E-state index < -0.39 is 0 Å². The molecule has 8 heteroatoms. The zero-order valence-electron chi connectivity index (χ0n) is 13.8. The monoisotopic (exact) mass is 343 g/mol. The summed E-state index contributed by atoms with van der Waals surface area (Å²) < 4.78 is 26.1. The van der Waals surface area contributed by atoms with Gasteiger partial charge in [-0.15, -0.1) is 0 Å². The summed E-state index contributed by atoms with van der Waals surface area (Å²) in [5, 5.41) is 7.71. The lowest BCUT2D eigenvalue weighted by Gasteiger charge is -2.20. The third kappa shape index (κ3) is 3.12. The van der Waals surface area contributed by atoms with Gasteiger partial charge in [0.25, 0.3) is 5.78 Å². The lowest BCUT2D eigenvalue weighted by atomic mass is 10.0. The number of hydrogen-bond acceptors (Lipinski definition) is 6. The maximum absolute atomic E-state index is 13.5. The smallest absolute Gasteiger partial charge is 0.254 e. The molecule has 4 rings (SSSR count). The van der Waals surface area contributed by atoms with Crippen LogP contribution in [-0.4, -0.2) is 33.3 Å². The van der Waals surface area contributed by atoms with E-state index in [0.717, 1.165) is 29.9 Å². The second-order valence-electron chi connectivity index (χ2n) is 5.91. The Kier molecular flexibility index (Phi) is 4.19. The van der Waals surface area contributed by atoms with E-state index in [1.165, 1.54) is 18.5 Å². The maximum atomic E-state index is 13.5. The van der Waals surface area contributed by atoms with Gasteiger partial charge >= 0.3 is 0 Å². The van der Waals surface area contributed by atoms with Crippen molar-refractivity contribution in [3.8, 4) is 5.75 Å². The normalized spacial score (nSPS) is 17.0. The number of fused-ring (bicyclic) bond motifs is 2. The van der Waals surface area contributed by atoms with Crippen molar-refractivity contribution in [2.24, 2.45) is 0 Å². The Morgan fingerprint density at radius 2 is 2.32 bits per heavy atom. The van der Waals surface area contributed by atoms with E-state index in [9.17, 15) is 4.39 Å². The fraction of sp³-hybridized carbons (Fsp3) is 0.353. The first kappa shape index (κ1) is 15.8. The van der Waals surface area contributed by atoms with E-state index >= 15 is 0 Å². The van der Waals surface area contributed by atoms with Gasteiger partial charge in [0.15, 0.2) is 0 Å². The highest BCUT2D eigenvalue weighted by molar-refractivity contribution is 5.49. The van der Waals surface area contributed by atoms with Crippen molar-refractivity contribution >= 4 is 11.6 Å². The van der Waals surface area contributed by atoms with Gasteiger partial charge < -0.3 is 14.8 Å². The van der Waals surface area contributed by atoms with Crippen molar-refractivity contribution in [3.63, 3.8) is 0 Å². The zero-order chi connectivity index (χ0) is 17.2. The number of rotatable bonds is 4. The molecule has 0 aliphatic carbocycles. The average molecular weight is 343 g/mol. The molecule has 2 aromatic heterocycles. The molecule has 7 nitrogen and oxygen atoms in total. The highest BCUT2D eigenvalue weighted by Gasteiger charge is 2.21. The van der Waals surface area contributed by atoms with Crippen LogP contribution in [-0.2, 0) is 11.3 Å². The molecule has 0 saturated carbocycles. The zero-order valence-corrected chi connectivity index (χ0v) is 13.8. The van der Waals surface area contributed by atoms with Crippen LogP contribution in [0.1, 0.15) is 30.1 Å². The minimum Gasteiger partial charge on any atom is -0.493 e. The number of hydrogen-bond donors (Lipinski definition) is 1. The number of nitrogens with one attached hydrogen (secondary N) is 1. The first-order valence-corrected chi connectivity index (χ1v) is 8.12. The van der Waals surface area contributed by atoms with Crippen LogP contribution in [0.5, 0.6) is 5.75 Å².